The molecule has 1 aliphatic heterocycles. The Balaban J connectivity index is 1.79. The molecule has 1 heterocycles. The van der Waals surface area contributed by atoms with Crippen molar-refractivity contribution >= 4 is 11.7 Å². The molecule has 0 amide bonds. The van der Waals surface area contributed by atoms with Gasteiger partial charge in [-0.25, -0.2) is 4.79 Å². The number of benzene rings is 2. The molecular weight excluding hydrogens is 274 g/mol. The van der Waals surface area contributed by atoms with Crippen molar-refractivity contribution in [3.8, 4) is 0 Å². The molecular formula is C15H11NO5. The van der Waals surface area contributed by atoms with Crippen molar-refractivity contribution in [3.05, 3.63) is 75.8 Å². The predicted molar refractivity (Wildman–Crippen MR) is 72.2 cm³/mol. The number of rotatable bonds is 3. The average molecular weight is 285 g/mol. The largest absolute Gasteiger partial charge is 0.429 e. The van der Waals surface area contributed by atoms with Crippen LogP contribution >= 0.6 is 0 Å². The summed E-state index contributed by atoms with van der Waals surface area (Å²) in [5.41, 5.74) is 1.25. The minimum absolute atomic E-state index is 0.0253. The second kappa shape index (κ2) is 5.34. The number of esters is 1. The molecule has 21 heavy (non-hydrogen) atoms. The van der Waals surface area contributed by atoms with E-state index < -0.39 is 23.3 Å². The van der Waals surface area contributed by atoms with Crippen LogP contribution in [0.5, 0.6) is 0 Å². The van der Waals surface area contributed by atoms with Crippen molar-refractivity contribution in [1.82, 2.24) is 0 Å². The number of carbonyl (C=O) groups is 1. The number of ether oxygens (including phenoxy) is 2. The normalized spacial score (nSPS) is 21.0. The number of nitro groups is 1. The number of carbonyl (C=O) groups excluding carboxylic acids is 1. The van der Waals surface area contributed by atoms with Crippen molar-refractivity contribution in [3.63, 3.8) is 0 Å². The molecule has 0 bridgehead atoms. The highest BCUT2D eigenvalue weighted by Crippen LogP contribution is 2.36. The summed E-state index contributed by atoms with van der Waals surface area (Å²) in [6, 6.07) is 14.8. The molecule has 3 rings (SSSR count). The van der Waals surface area contributed by atoms with Gasteiger partial charge in [-0.05, 0) is 17.7 Å². The second-order valence-electron chi connectivity index (χ2n) is 4.54. The Morgan fingerprint density at radius 2 is 1.62 bits per heavy atom. The fraction of sp³-hybridized carbons (Fsp3) is 0.133. The zero-order valence-electron chi connectivity index (χ0n) is 10.8. The van der Waals surface area contributed by atoms with Gasteiger partial charge >= 0.3 is 5.97 Å². The first-order valence-corrected chi connectivity index (χ1v) is 6.30. The number of hydrogen-bond acceptors (Lipinski definition) is 5. The van der Waals surface area contributed by atoms with E-state index in [1.165, 1.54) is 24.3 Å². The van der Waals surface area contributed by atoms with E-state index in [-0.39, 0.29) is 5.69 Å². The maximum atomic E-state index is 11.9. The molecule has 0 spiro atoms. The number of nitrogens with zero attached hydrogens (tertiary/aromatic N) is 1. The lowest BCUT2D eigenvalue weighted by atomic mass is 10.1. The van der Waals surface area contributed by atoms with E-state index in [0.29, 0.717) is 11.1 Å². The Kier molecular flexibility index (Phi) is 3.37. The van der Waals surface area contributed by atoms with Gasteiger partial charge in [0.1, 0.15) is 0 Å². The molecule has 0 saturated carbocycles. The van der Waals surface area contributed by atoms with Crippen LogP contribution in [0.1, 0.15) is 23.5 Å². The summed E-state index contributed by atoms with van der Waals surface area (Å²) in [6.07, 6.45) is -1.62. The average Bonchev–Trinajstić information content (AvgIpc) is 2.90. The highest BCUT2D eigenvalue weighted by Gasteiger charge is 2.37. The highest BCUT2D eigenvalue weighted by atomic mass is 16.8. The van der Waals surface area contributed by atoms with Crippen molar-refractivity contribution in [1.29, 1.82) is 0 Å². The minimum atomic E-state index is -0.844. The van der Waals surface area contributed by atoms with E-state index in [4.69, 9.17) is 9.47 Å². The minimum Gasteiger partial charge on any atom is -0.429 e. The SMILES string of the molecule is O=C1O[C@H](c2ccc([N+](=O)[O-])cc2)O[C@H]1c1ccccc1. The van der Waals surface area contributed by atoms with Gasteiger partial charge in [0.2, 0.25) is 6.29 Å². The van der Waals surface area contributed by atoms with Crippen LogP contribution in [0.15, 0.2) is 54.6 Å². The molecule has 6 nitrogen and oxygen atoms in total. The van der Waals surface area contributed by atoms with Crippen LogP contribution in [0.3, 0.4) is 0 Å². The van der Waals surface area contributed by atoms with E-state index >= 15 is 0 Å². The highest BCUT2D eigenvalue weighted by molar-refractivity contribution is 5.78. The third-order valence-corrected chi connectivity index (χ3v) is 3.18. The quantitative estimate of drug-likeness (QED) is 0.492. The first-order chi connectivity index (χ1) is 10.1. The van der Waals surface area contributed by atoms with Crippen molar-refractivity contribution in [2.45, 2.75) is 12.4 Å². The van der Waals surface area contributed by atoms with Gasteiger partial charge in [-0.1, -0.05) is 30.3 Å². The van der Waals surface area contributed by atoms with Gasteiger partial charge in [0, 0.05) is 17.7 Å². The van der Waals surface area contributed by atoms with Crippen LogP contribution in [0.4, 0.5) is 5.69 Å². The molecule has 0 aliphatic carbocycles. The Hall–Kier alpha value is -2.73. The van der Waals surface area contributed by atoms with Crippen LogP contribution in [0, 0.1) is 10.1 Å². The molecule has 6 heteroatoms. The Labute approximate surface area is 120 Å². The zero-order chi connectivity index (χ0) is 14.8. The summed E-state index contributed by atoms with van der Waals surface area (Å²) in [5, 5.41) is 10.6. The molecule has 0 unspecified atom stereocenters. The molecule has 2 aromatic rings. The second-order valence-corrected chi connectivity index (χ2v) is 4.54. The summed E-state index contributed by atoms with van der Waals surface area (Å²) >= 11 is 0. The van der Waals surface area contributed by atoms with E-state index in [2.05, 4.69) is 0 Å². The zero-order valence-corrected chi connectivity index (χ0v) is 10.8. The molecule has 0 aromatic heterocycles. The third-order valence-electron chi connectivity index (χ3n) is 3.18. The van der Waals surface area contributed by atoms with Crippen LogP contribution < -0.4 is 0 Å². The summed E-state index contributed by atoms with van der Waals surface area (Å²) in [7, 11) is 0. The number of nitro benzene ring substituents is 1. The van der Waals surface area contributed by atoms with E-state index in [1.54, 1.807) is 12.1 Å². The Bertz CT molecular complexity index is 668. The van der Waals surface area contributed by atoms with Gasteiger partial charge in [-0.15, -0.1) is 0 Å². The molecule has 1 aliphatic rings. The fourth-order valence-corrected chi connectivity index (χ4v) is 2.12. The number of cyclic esters (lactones) is 1. The van der Waals surface area contributed by atoms with Crippen molar-refractivity contribution in [2.24, 2.45) is 0 Å². The molecule has 2 aromatic carbocycles. The molecule has 0 radical (unpaired) electrons. The first kappa shape index (κ1) is 13.3. The van der Waals surface area contributed by atoms with Crippen LogP contribution in [-0.2, 0) is 14.3 Å². The van der Waals surface area contributed by atoms with E-state index in [9.17, 15) is 14.9 Å². The maximum Gasteiger partial charge on any atom is 0.342 e. The summed E-state index contributed by atoms with van der Waals surface area (Å²) in [6.45, 7) is 0. The first-order valence-electron chi connectivity index (χ1n) is 6.30. The lowest BCUT2D eigenvalue weighted by molar-refractivity contribution is -0.384. The third kappa shape index (κ3) is 2.61. The van der Waals surface area contributed by atoms with E-state index in [0.717, 1.165) is 0 Å². The summed E-state index contributed by atoms with van der Waals surface area (Å²) < 4.78 is 10.8. The summed E-state index contributed by atoms with van der Waals surface area (Å²) in [5.74, 6) is -0.468. The molecule has 0 N–H and O–H groups in total. The van der Waals surface area contributed by atoms with Gasteiger partial charge in [0.05, 0.1) is 4.92 Å². The Morgan fingerprint density at radius 3 is 2.24 bits per heavy atom. The van der Waals surface area contributed by atoms with Gasteiger partial charge in [0.15, 0.2) is 6.10 Å². The van der Waals surface area contributed by atoms with Crippen LogP contribution in [0.25, 0.3) is 0 Å². The van der Waals surface area contributed by atoms with Gasteiger partial charge in [-0.2, -0.15) is 0 Å². The molecule has 2 atom stereocenters. The van der Waals surface area contributed by atoms with Crippen LogP contribution in [0.2, 0.25) is 0 Å². The number of hydrogen-bond donors (Lipinski definition) is 0. The smallest absolute Gasteiger partial charge is 0.342 e. The Morgan fingerprint density at radius 1 is 0.952 bits per heavy atom. The maximum absolute atomic E-state index is 11.9. The molecule has 106 valence electrons. The lowest BCUT2D eigenvalue weighted by Gasteiger charge is -2.09. The van der Waals surface area contributed by atoms with Crippen LogP contribution in [-0.4, -0.2) is 10.9 Å². The number of non-ortho nitro benzene ring substituents is 1. The predicted octanol–water partition coefficient (Wildman–Crippen LogP) is 2.91. The monoisotopic (exact) mass is 285 g/mol. The lowest BCUT2D eigenvalue weighted by Crippen LogP contribution is -2.06. The topological polar surface area (TPSA) is 78.7 Å². The van der Waals surface area contributed by atoms with Gasteiger partial charge in [-0.3, -0.25) is 10.1 Å². The van der Waals surface area contributed by atoms with E-state index in [1.807, 2.05) is 18.2 Å². The van der Waals surface area contributed by atoms with Gasteiger partial charge < -0.3 is 9.47 Å². The standard InChI is InChI=1S/C15H11NO5/c17-14-13(10-4-2-1-3-5-10)20-15(21-14)11-6-8-12(9-7-11)16(18)19/h1-9,13,15H/t13-,15+/m0/s1. The van der Waals surface area contributed by atoms with Crippen molar-refractivity contribution in [2.75, 3.05) is 0 Å². The molecule has 1 fully saturated rings. The summed E-state index contributed by atoms with van der Waals surface area (Å²) in [4.78, 5) is 22.0. The fourth-order valence-electron chi connectivity index (χ4n) is 2.12. The van der Waals surface area contributed by atoms with Gasteiger partial charge in [0.25, 0.3) is 5.69 Å². The molecule has 1 saturated heterocycles. The van der Waals surface area contributed by atoms with Crippen molar-refractivity contribution < 1.29 is 19.2 Å².